The molecule has 3 heteroatoms. The van der Waals surface area contributed by atoms with Crippen LogP contribution in [0.2, 0.25) is 0 Å². The van der Waals surface area contributed by atoms with Crippen LogP contribution in [0.3, 0.4) is 0 Å². The Morgan fingerprint density at radius 3 is 2.53 bits per heavy atom. The molecule has 0 saturated heterocycles. The van der Waals surface area contributed by atoms with Crippen molar-refractivity contribution in [3.8, 4) is 12.3 Å². The molecule has 0 heterocycles. The second kappa shape index (κ2) is 6.47. The van der Waals surface area contributed by atoms with E-state index in [1.165, 1.54) is 0 Å². The number of hydrogen-bond acceptors (Lipinski definition) is 2. The van der Waals surface area contributed by atoms with Gasteiger partial charge in [-0.2, -0.15) is 0 Å². The summed E-state index contributed by atoms with van der Waals surface area (Å²) in [6.07, 6.45) is 6.46. The van der Waals surface area contributed by atoms with Crippen LogP contribution in [0.15, 0.2) is 0 Å². The molecule has 3 N–H and O–H groups in total. The van der Waals surface area contributed by atoms with Crippen molar-refractivity contribution in [2.24, 2.45) is 17.1 Å². The minimum atomic E-state index is -0.109. The molecule has 0 rings (SSSR count). The van der Waals surface area contributed by atoms with E-state index in [0.29, 0.717) is 19.5 Å². The monoisotopic (exact) mass is 210 g/mol. The molecule has 1 unspecified atom stereocenters. The third kappa shape index (κ3) is 6.98. The van der Waals surface area contributed by atoms with Gasteiger partial charge in [-0.05, 0) is 11.8 Å². The minimum absolute atomic E-state index is 0.0164. The van der Waals surface area contributed by atoms with Gasteiger partial charge in [0.15, 0.2) is 0 Å². The first-order chi connectivity index (χ1) is 6.90. The van der Waals surface area contributed by atoms with E-state index in [1.807, 2.05) is 0 Å². The summed E-state index contributed by atoms with van der Waals surface area (Å²) in [5.41, 5.74) is 5.70. The first kappa shape index (κ1) is 14.0. The van der Waals surface area contributed by atoms with Crippen molar-refractivity contribution >= 4 is 5.91 Å². The molecule has 0 aliphatic rings. The molecule has 0 aliphatic carbocycles. The lowest BCUT2D eigenvalue weighted by molar-refractivity contribution is -0.125. The van der Waals surface area contributed by atoms with Gasteiger partial charge in [-0.3, -0.25) is 4.79 Å². The van der Waals surface area contributed by atoms with Crippen LogP contribution < -0.4 is 11.1 Å². The van der Waals surface area contributed by atoms with Gasteiger partial charge in [0.05, 0.1) is 5.92 Å². The van der Waals surface area contributed by atoms with E-state index in [9.17, 15) is 4.79 Å². The molecule has 3 nitrogen and oxygen atoms in total. The lowest BCUT2D eigenvalue weighted by Crippen LogP contribution is -2.37. The fourth-order valence-electron chi connectivity index (χ4n) is 1.42. The molecule has 0 fully saturated rings. The Morgan fingerprint density at radius 2 is 2.13 bits per heavy atom. The standard InChI is InChI=1S/C12H22N2O/c1-5-6-7-14-11(15)10(9-13)8-12(2,3)4/h1,10H,6-9,13H2,2-4H3,(H,14,15). The Morgan fingerprint density at radius 1 is 1.53 bits per heavy atom. The molecule has 0 spiro atoms. The van der Waals surface area contributed by atoms with E-state index >= 15 is 0 Å². The number of carbonyl (C=O) groups is 1. The maximum absolute atomic E-state index is 11.7. The zero-order valence-electron chi connectivity index (χ0n) is 9.97. The molecule has 86 valence electrons. The highest BCUT2D eigenvalue weighted by atomic mass is 16.1. The van der Waals surface area contributed by atoms with Crippen molar-refractivity contribution in [2.75, 3.05) is 13.1 Å². The maximum atomic E-state index is 11.7. The van der Waals surface area contributed by atoms with Crippen molar-refractivity contribution in [3.05, 3.63) is 0 Å². The summed E-state index contributed by atoms with van der Waals surface area (Å²) < 4.78 is 0. The minimum Gasteiger partial charge on any atom is -0.355 e. The molecule has 1 atom stereocenters. The average Bonchev–Trinajstić information content (AvgIpc) is 2.13. The van der Waals surface area contributed by atoms with Crippen molar-refractivity contribution in [1.82, 2.24) is 5.32 Å². The molecule has 0 saturated carbocycles. The SMILES string of the molecule is C#CCCNC(=O)C(CN)CC(C)(C)C. The van der Waals surface area contributed by atoms with Gasteiger partial charge in [0.1, 0.15) is 0 Å². The maximum Gasteiger partial charge on any atom is 0.224 e. The van der Waals surface area contributed by atoms with E-state index in [4.69, 9.17) is 12.2 Å². The number of nitrogens with two attached hydrogens (primary N) is 1. The second-order valence-electron chi connectivity index (χ2n) is 4.94. The molecule has 1 amide bonds. The molecular formula is C12H22N2O. The normalized spacial score (nSPS) is 13.0. The van der Waals surface area contributed by atoms with Crippen LogP contribution in [0.4, 0.5) is 0 Å². The Hall–Kier alpha value is -1.01. The molecule has 0 radical (unpaired) electrons. The first-order valence-electron chi connectivity index (χ1n) is 5.32. The highest BCUT2D eigenvalue weighted by molar-refractivity contribution is 5.78. The zero-order chi connectivity index (χ0) is 11.9. The van der Waals surface area contributed by atoms with Gasteiger partial charge in [0.2, 0.25) is 5.91 Å². The molecule has 15 heavy (non-hydrogen) atoms. The molecule has 0 bridgehead atoms. The lowest BCUT2D eigenvalue weighted by atomic mass is 9.84. The van der Waals surface area contributed by atoms with Gasteiger partial charge in [-0.25, -0.2) is 0 Å². The topological polar surface area (TPSA) is 55.1 Å². The van der Waals surface area contributed by atoms with E-state index in [0.717, 1.165) is 6.42 Å². The summed E-state index contributed by atoms with van der Waals surface area (Å²) in [6, 6.07) is 0. The van der Waals surface area contributed by atoms with Crippen LogP contribution in [0, 0.1) is 23.7 Å². The number of rotatable bonds is 5. The highest BCUT2D eigenvalue weighted by Crippen LogP contribution is 2.23. The van der Waals surface area contributed by atoms with Gasteiger partial charge >= 0.3 is 0 Å². The fourth-order valence-corrected chi connectivity index (χ4v) is 1.42. The lowest BCUT2D eigenvalue weighted by Gasteiger charge is -2.24. The zero-order valence-corrected chi connectivity index (χ0v) is 9.97. The predicted molar refractivity (Wildman–Crippen MR) is 63.1 cm³/mol. The third-order valence-electron chi connectivity index (χ3n) is 2.08. The quantitative estimate of drug-likeness (QED) is 0.528. The smallest absolute Gasteiger partial charge is 0.224 e. The summed E-state index contributed by atoms with van der Waals surface area (Å²) in [7, 11) is 0. The largest absolute Gasteiger partial charge is 0.355 e. The van der Waals surface area contributed by atoms with Crippen LogP contribution >= 0.6 is 0 Å². The van der Waals surface area contributed by atoms with Crippen LogP contribution in [-0.2, 0) is 4.79 Å². The van der Waals surface area contributed by atoms with E-state index in [2.05, 4.69) is 32.0 Å². The average molecular weight is 210 g/mol. The second-order valence-corrected chi connectivity index (χ2v) is 4.94. The molecule has 0 aromatic carbocycles. The fraction of sp³-hybridized carbons (Fsp3) is 0.750. The van der Waals surface area contributed by atoms with Gasteiger partial charge in [0.25, 0.3) is 0 Å². The number of nitrogens with one attached hydrogen (secondary N) is 1. The van der Waals surface area contributed by atoms with Gasteiger partial charge in [0, 0.05) is 19.5 Å². The van der Waals surface area contributed by atoms with Crippen molar-refractivity contribution in [3.63, 3.8) is 0 Å². The molecule has 0 aromatic rings. The third-order valence-corrected chi connectivity index (χ3v) is 2.08. The van der Waals surface area contributed by atoms with Gasteiger partial charge in [-0.15, -0.1) is 12.3 Å². The van der Waals surface area contributed by atoms with Crippen LogP contribution in [-0.4, -0.2) is 19.0 Å². The Kier molecular flexibility index (Phi) is 6.03. The summed E-state index contributed by atoms with van der Waals surface area (Å²) in [5.74, 6) is 2.39. The summed E-state index contributed by atoms with van der Waals surface area (Å²) in [5, 5.41) is 2.80. The van der Waals surface area contributed by atoms with Crippen molar-refractivity contribution < 1.29 is 4.79 Å². The Balaban J connectivity index is 4.06. The number of terminal acetylenes is 1. The van der Waals surface area contributed by atoms with E-state index < -0.39 is 0 Å². The number of carbonyl (C=O) groups excluding carboxylic acids is 1. The number of amides is 1. The molecule has 0 aromatic heterocycles. The van der Waals surface area contributed by atoms with E-state index in [-0.39, 0.29) is 17.2 Å². The van der Waals surface area contributed by atoms with Crippen molar-refractivity contribution in [2.45, 2.75) is 33.6 Å². The first-order valence-corrected chi connectivity index (χ1v) is 5.32. The number of hydrogen-bond donors (Lipinski definition) is 2. The van der Waals surface area contributed by atoms with Crippen LogP contribution in [0.25, 0.3) is 0 Å². The van der Waals surface area contributed by atoms with Crippen LogP contribution in [0.5, 0.6) is 0 Å². The van der Waals surface area contributed by atoms with E-state index in [1.54, 1.807) is 0 Å². The predicted octanol–water partition coefficient (Wildman–Crippen LogP) is 1.14. The summed E-state index contributed by atoms with van der Waals surface area (Å²) in [4.78, 5) is 11.7. The summed E-state index contributed by atoms with van der Waals surface area (Å²) in [6.45, 7) is 7.23. The highest BCUT2D eigenvalue weighted by Gasteiger charge is 2.23. The Bertz CT molecular complexity index is 235. The van der Waals surface area contributed by atoms with Crippen LogP contribution in [0.1, 0.15) is 33.6 Å². The molecular weight excluding hydrogens is 188 g/mol. The van der Waals surface area contributed by atoms with Gasteiger partial charge in [-0.1, -0.05) is 20.8 Å². The molecule has 0 aliphatic heterocycles. The van der Waals surface area contributed by atoms with Crippen molar-refractivity contribution in [1.29, 1.82) is 0 Å². The summed E-state index contributed by atoms with van der Waals surface area (Å²) >= 11 is 0. The Labute approximate surface area is 92.8 Å². The van der Waals surface area contributed by atoms with Gasteiger partial charge < -0.3 is 11.1 Å².